The van der Waals surface area contributed by atoms with Crippen molar-refractivity contribution in [1.29, 1.82) is 0 Å². The molecule has 0 bridgehead atoms. The van der Waals surface area contributed by atoms with Crippen LogP contribution in [-0.4, -0.2) is 4.98 Å². The van der Waals surface area contributed by atoms with Crippen LogP contribution in [0.4, 0.5) is 13.2 Å². The van der Waals surface area contributed by atoms with E-state index < -0.39 is 11.9 Å². The van der Waals surface area contributed by atoms with Gasteiger partial charge in [0.15, 0.2) is 0 Å². The Labute approximate surface area is 112 Å². The highest BCUT2D eigenvalue weighted by atomic mass is 79.9. The Morgan fingerprint density at radius 1 is 1.12 bits per heavy atom. The Kier molecular flexibility index (Phi) is 3.45. The first-order valence-electron chi connectivity index (χ1n) is 4.65. The summed E-state index contributed by atoms with van der Waals surface area (Å²) in [5, 5.41) is 1.29. The first-order valence-corrected chi connectivity index (χ1v) is 6.56. The zero-order valence-corrected chi connectivity index (χ0v) is 11.5. The molecule has 0 unspecified atom stereocenters. The van der Waals surface area contributed by atoms with Crippen LogP contribution >= 0.6 is 31.9 Å². The molecule has 0 aliphatic carbocycles. The highest BCUT2D eigenvalue weighted by molar-refractivity contribution is 9.10. The maximum Gasteiger partial charge on any atom is 0.433 e. The van der Waals surface area contributed by atoms with E-state index in [1.807, 2.05) is 6.07 Å². The number of benzene rings is 1. The average Bonchev–Trinajstić information content (AvgIpc) is 2.28. The van der Waals surface area contributed by atoms with Gasteiger partial charge in [-0.1, -0.05) is 28.1 Å². The van der Waals surface area contributed by atoms with Crippen LogP contribution < -0.4 is 0 Å². The lowest BCUT2D eigenvalue weighted by atomic mass is 10.1. The van der Waals surface area contributed by atoms with Gasteiger partial charge >= 0.3 is 6.18 Å². The van der Waals surface area contributed by atoms with Crippen molar-refractivity contribution in [3.8, 4) is 0 Å². The van der Waals surface area contributed by atoms with E-state index in [2.05, 4.69) is 36.8 Å². The zero-order chi connectivity index (χ0) is 12.6. The second-order valence-corrected chi connectivity index (χ2v) is 4.85. The molecule has 0 radical (unpaired) electrons. The molecule has 0 atom stereocenters. The van der Waals surface area contributed by atoms with E-state index in [0.29, 0.717) is 20.7 Å². The molecule has 0 saturated heterocycles. The molecule has 1 aromatic heterocycles. The molecule has 2 rings (SSSR count). The Hall–Kier alpha value is -0.620. The zero-order valence-electron chi connectivity index (χ0n) is 8.35. The third-order valence-corrected chi connectivity index (χ3v) is 3.58. The molecular formula is C11H6Br2F3N. The Balaban J connectivity index is 2.73. The number of rotatable bonds is 1. The summed E-state index contributed by atoms with van der Waals surface area (Å²) in [6, 6.07) is 6.00. The van der Waals surface area contributed by atoms with Crippen molar-refractivity contribution < 1.29 is 13.2 Å². The summed E-state index contributed by atoms with van der Waals surface area (Å²) in [5.41, 5.74) is 0.360. The molecule has 1 nitrogen and oxygen atoms in total. The highest BCUT2D eigenvalue weighted by Crippen LogP contribution is 2.32. The summed E-state index contributed by atoms with van der Waals surface area (Å²) < 4.78 is 38.2. The summed E-state index contributed by atoms with van der Waals surface area (Å²) in [5.74, 6) is 0. The van der Waals surface area contributed by atoms with Gasteiger partial charge in [-0.25, -0.2) is 4.98 Å². The molecule has 1 aromatic carbocycles. The lowest BCUT2D eigenvalue weighted by Gasteiger charge is -2.09. The molecule has 0 spiro atoms. The lowest BCUT2D eigenvalue weighted by molar-refractivity contribution is -0.140. The van der Waals surface area contributed by atoms with Crippen LogP contribution in [-0.2, 0) is 11.5 Å². The number of fused-ring (bicyclic) bond motifs is 1. The first kappa shape index (κ1) is 12.8. The van der Waals surface area contributed by atoms with Gasteiger partial charge in [0.25, 0.3) is 0 Å². The molecule has 0 fully saturated rings. The van der Waals surface area contributed by atoms with Gasteiger partial charge in [-0.05, 0) is 33.6 Å². The van der Waals surface area contributed by atoms with Crippen molar-refractivity contribution in [2.45, 2.75) is 11.5 Å². The molecule has 90 valence electrons. The normalized spacial score (nSPS) is 12.1. The number of halogens is 5. The number of alkyl halides is 4. The monoisotopic (exact) mass is 367 g/mol. The van der Waals surface area contributed by atoms with Crippen molar-refractivity contribution in [2.75, 3.05) is 0 Å². The fraction of sp³-hybridized carbons (Fsp3) is 0.182. The summed E-state index contributed by atoms with van der Waals surface area (Å²) in [6.45, 7) is 0. The third kappa shape index (κ3) is 2.47. The topological polar surface area (TPSA) is 12.9 Å². The number of hydrogen-bond acceptors (Lipinski definition) is 1. The van der Waals surface area contributed by atoms with Crippen molar-refractivity contribution in [1.82, 2.24) is 4.98 Å². The molecule has 0 aliphatic heterocycles. The van der Waals surface area contributed by atoms with E-state index in [9.17, 15) is 13.2 Å². The molecule has 0 N–H and O–H groups in total. The maximum atomic E-state index is 12.5. The molecule has 2 aromatic rings. The lowest BCUT2D eigenvalue weighted by Crippen LogP contribution is -2.07. The molecule has 0 saturated carbocycles. The first-order chi connectivity index (χ1) is 7.93. The van der Waals surface area contributed by atoms with Gasteiger partial charge in [-0.3, -0.25) is 0 Å². The van der Waals surface area contributed by atoms with Crippen LogP contribution in [0.3, 0.4) is 0 Å². The van der Waals surface area contributed by atoms with Gasteiger partial charge in [0.05, 0.1) is 5.52 Å². The molecule has 17 heavy (non-hydrogen) atoms. The van der Waals surface area contributed by atoms with Crippen molar-refractivity contribution in [2.24, 2.45) is 0 Å². The third-order valence-electron chi connectivity index (χ3n) is 2.33. The van der Waals surface area contributed by atoms with Crippen LogP contribution in [0.15, 0.2) is 28.7 Å². The van der Waals surface area contributed by atoms with Crippen LogP contribution in [0, 0.1) is 0 Å². The van der Waals surface area contributed by atoms with E-state index in [1.165, 1.54) is 6.07 Å². The van der Waals surface area contributed by atoms with Crippen LogP contribution in [0.25, 0.3) is 10.9 Å². The molecule has 6 heteroatoms. The summed E-state index contributed by atoms with van der Waals surface area (Å²) in [7, 11) is 0. The van der Waals surface area contributed by atoms with Gasteiger partial charge in [-0.15, -0.1) is 0 Å². The second-order valence-electron chi connectivity index (χ2n) is 3.43. The largest absolute Gasteiger partial charge is 0.433 e. The number of hydrogen-bond donors (Lipinski definition) is 0. The smallest absolute Gasteiger partial charge is 0.242 e. The standard InChI is InChI=1S/C11H6Br2F3N/c12-5-6-1-3-8(13)10-7(6)2-4-9(17-10)11(14,15)16/h1-4H,5H2. The van der Waals surface area contributed by atoms with Gasteiger partial charge in [0.2, 0.25) is 0 Å². The Bertz CT molecular complexity index is 566. The Morgan fingerprint density at radius 3 is 2.41 bits per heavy atom. The summed E-state index contributed by atoms with van der Waals surface area (Å²) >= 11 is 6.51. The van der Waals surface area contributed by atoms with E-state index >= 15 is 0 Å². The minimum absolute atomic E-state index is 0.330. The van der Waals surface area contributed by atoms with Crippen LogP contribution in [0.2, 0.25) is 0 Å². The highest BCUT2D eigenvalue weighted by Gasteiger charge is 2.32. The minimum atomic E-state index is -4.42. The van der Waals surface area contributed by atoms with E-state index in [1.54, 1.807) is 6.07 Å². The Morgan fingerprint density at radius 2 is 1.82 bits per heavy atom. The molecular weight excluding hydrogens is 363 g/mol. The fourth-order valence-corrected chi connectivity index (χ4v) is 2.44. The number of aromatic nitrogens is 1. The van der Waals surface area contributed by atoms with Gasteiger partial charge in [-0.2, -0.15) is 13.2 Å². The average molecular weight is 369 g/mol. The van der Waals surface area contributed by atoms with E-state index in [4.69, 9.17) is 0 Å². The van der Waals surface area contributed by atoms with E-state index in [0.717, 1.165) is 11.6 Å². The van der Waals surface area contributed by atoms with Crippen LogP contribution in [0.1, 0.15) is 11.3 Å². The summed E-state index contributed by atoms with van der Waals surface area (Å²) in [6.07, 6.45) is -4.42. The van der Waals surface area contributed by atoms with Crippen molar-refractivity contribution in [3.63, 3.8) is 0 Å². The van der Waals surface area contributed by atoms with Gasteiger partial charge < -0.3 is 0 Å². The maximum absolute atomic E-state index is 12.5. The molecule has 0 aliphatic rings. The van der Waals surface area contributed by atoms with E-state index in [-0.39, 0.29) is 0 Å². The summed E-state index contributed by atoms with van der Waals surface area (Å²) in [4.78, 5) is 3.66. The van der Waals surface area contributed by atoms with Crippen molar-refractivity contribution in [3.05, 3.63) is 40.0 Å². The predicted molar refractivity (Wildman–Crippen MR) is 67.1 cm³/mol. The molecule has 0 amide bonds. The molecule has 1 heterocycles. The fourth-order valence-electron chi connectivity index (χ4n) is 1.52. The van der Waals surface area contributed by atoms with Crippen LogP contribution in [0.5, 0.6) is 0 Å². The van der Waals surface area contributed by atoms with Gasteiger partial charge in [0.1, 0.15) is 5.69 Å². The minimum Gasteiger partial charge on any atom is -0.242 e. The number of pyridine rings is 1. The number of nitrogens with zero attached hydrogens (tertiary/aromatic N) is 1. The predicted octanol–water partition coefficient (Wildman–Crippen LogP) is 4.91. The SMILES string of the molecule is FC(F)(F)c1ccc2c(CBr)ccc(Br)c2n1. The van der Waals surface area contributed by atoms with Gasteiger partial charge in [0, 0.05) is 15.2 Å². The van der Waals surface area contributed by atoms with Crippen molar-refractivity contribution >= 4 is 42.8 Å². The second kappa shape index (κ2) is 4.57. The quantitative estimate of drug-likeness (QED) is 0.651.